The molecule has 0 bridgehead atoms. The van der Waals surface area contributed by atoms with Gasteiger partial charge in [0.1, 0.15) is 0 Å². The van der Waals surface area contributed by atoms with Crippen molar-refractivity contribution in [3.8, 4) is 0 Å². The van der Waals surface area contributed by atoms with Crippen LogP contribution in [0.2, 0.25) is 0 Å². The first-order valence-electron chi connectivity index (χ1n) is 5.69. The minimum atomic E-state index is 0. The molecule has 0 unspecified atom stereocenters. The fourth-order valence-electron chi connectivity index (χ4n) is 1.47. The first-order chi connectivity index (χ1) is 7.20. The molecule has 0 amide bonds. The summed E-state index contributed by atoms with van der Waals surface area (Å²) in [6, 6.07) is 0. The molecule has 1 heterocycles. The summed E-state index contributed by atoms with van der Waals surface area (Å²) < 4.78 is 0. The van der Waals surface area contributed by atoms with Gasteiger partial charge in [-0.3, -0.25) is 0 Å². The zero-order valence-electron chi connectivity index (χ0n) is 10.8. The standard InChI is InChI=1S/C7H14ClN.C4H10ClN.2ClH/c8-4-7-9-5-2-1-3-6-9;1-6(2)4-3-5;;/h1-7H2;3-4H2,1-2H3;2*1H. The average Bonchev–Trinajstić information content (AvgIpc) is 2.20. The molecular formula is C11H26Cl4N2. The summed E-state index contributed by atoms with van der Waals surface area (Å²) in [6.45, 7) is 4.60. The Balaban J connectivity index is -0.000000221. The van der Waals surface area contributed by atoms with Crippen molar-refractivity contribution < 1.29 is 0 Å². The maximum absolute atomic E-state index is 5.59. The molecule has 1 aliphatic heterocycles. The van der Waals surface area contributed by atoms with Gasteiger partial charge in [-0.05, 0) is 40.0 Å². The molecule has 0 aromatic rings. The highest BCUT2D eigenvalue weighted by atomic mass is 35.5. The number of alkyl halides is 2. The molecule has 1 saturated heterocycles. The lowest BCUT2D eigenvalue weighted by Crippen LogP contribution is -2.31. The zero-order chi connectivity index (χ0) is 11.5. The smallest absolute Gasteiger partial charge is 0.0351 e. The van der Waals surface area contributed by atoms with E-state index in [2.05, 4.69) is 4.90 Å². The third-order valence-electron chi connectivity index (χ3n) is 2.38. The van der Waals surface area contributed by atoms with Gasteiger partial charge in [-0.1, -0.05) is 6.42 Å². The molecule has 0 saturated carbocycles. The second-order valence-electron chi connectivity index (χ2n) is 4.08. The fourth-order valence-corrected chi connectivity index (χ4v) is 2.05. The molecule has 0 atom stereocenters. The predicted molar refractivity (Wildman–Crippen MR) is 84.8 cm³/mol. The van der Waals surface area contributed by atoms with Crippen molar-refractivity contribution >= 4 is 48.0 Å². The molecule has 1 rings (SSSR count). The Morgan fingerprint density at radius 2 is 1.47 bits per heavy atom. The minimum Gasteiger partial charge on any atom is -0.308 e. The third-order valence-corrected chi connectivity index (χ3v) is 2.72. The number of hydrogen-bond donors (Lipinski definition) is 0. The summed E-state index contributed by atoms with van der Waals surface area (Å²) in [5.41, 5.74) is 0. The van der Waals surface area contributed by atoms with Crippen LogP contribution >= 0.6 is 48.0 Å². The maximum atomic E-state index is 5.59. The van der Waals surface area contributed by atoms with Crippen molar-refractivity contribution in [1.29, 1.82) is 0 Å². The van der Waals surface area contributed by atoms with E-state index in [9.17, 15) is 0 Å². The van der Waals surface area contributed by atoms with Crippen LogP contribution in [0.5, 0.6) is 0 Å². The van der Waals surface area contributed by atoms with Gasteiger partial charge in [0.05, 0.1) is 0 Å². The first-order valence-corrected chi connectivity index (χ1v) is 6.76. The number of piperidine rings is 1. The molecular weight excluding hydrogens is 302 g/mol. The summed E-state index contributed by atoms with van der Waals surface area (Å²) in [5.74, 6) is 1.52. The molecule has 17 heavy (non-hydrogen) atoms. The fraction of sp³-hybridized carbons (Fsp3) is 1.00. The highest BCUT2D eigenvalue weighted by molar-refractivity contribution is 6.18. The van der Waals surface area contributed by atoms with E-state index >= 15 is 0 Å². The molecule has 0 radical (unpaired) electrons. The van der Waals surface area contributed by atoms with Crippen LogP contribution in [0.1, 0.15) is 19.3 Å². The topological polar surface area (TPSA) is 6.48 Å². The third kappa shape index (κ3) is 17.1. The van der Waals surface area contributed by atoms with Crippen molar-refractivity contribution in [2.75, 3.05) is 52.0 Å². The van der Waals surface area contributed by atoms with E-state index in [1.165, 1.54) is 32.4 Å². The SMILES string of the molecule is CN(C)CCCl.Cl.Cl.ClCCN1CCCCC1. The van der Waals surface area contributed by atoms with Gasteiger partial charge >= 0.3 is 0 Å². The lowest BCUT2D eigenvalue weighted by Gasteiger charge is -2.25. The molecule has 0 aromatic carbocycles. The number of halogens is 4. The lowest BCUT2D eigenvalue weighted by atomic mass is 10.1. The summed E-state index contributed by atoms with van der Waals surface area (Å²) in [7, 11) is 4.00. The molecule has 1 aliphatic rings. The predicted octanol–water partition coefficient (Wildman–Crippen LogP) is 3.34. The van der Waals surface area contributed by atoms with Crippen molar-refractivity contribution in [1.82, 2.24) is 9.80 Å². The molecule has 0 aromatic heterocycles. The minimum absolute atomic E-state index is 0. The lowest BCUT2D eigenvalue weighted by molar-refractivity contribution is 0.241. The van der Waals surface area contributed by atoms with E-state index in [4.69, 9.17) is 23.2 Å². The molecule has 0 spiro atoms. The van der Waals surface area contributed by atoms with E-state index in [1.807, 2.05) is 19.0 Å². The summed E-state index contributed by atoms with van der Waals surface area (Å²) >= 11 is 10.9. The number of nitrogens with zero attached hydrogens (tertiary/aromatic N) is 2. The van der Waals surface area contributed by atoms with E-state index in [1.54, 1.807) is 0 Å². The van der Waals surface area contributed by atoms with Crippen LogP contribution in [0.4, 0.5) is 0 Å². The molecule has 6 heteroatoms. The highest BCUT2D eigenvalue weighted by Crippen LogP contribution is 2.07. The molecule has 0 N–H and O–H groups in total. The molecule has 1 fully saturated rings. The van der Waals surface area contributed by atoms with Gasteiger partial charge in [-0.2, -0.15) is 0 Å². The Morgan fingerprint density at radius 3 is 1.76 bits per heavy atom. The monoisotopic (exact) mass is 326 g/mol. The molecule has 2 nitrogen and oxygen atoms in total. The molecule has 0 aliphatic carbocycles. The normalized spacial score (nSPS) is 15.4. The largest absolute Gasteiger partial charge is 0.308 e. The molecule has 108 valence electrons. The Kier molecular flexibility index (Phi) is 23.3. The van der Waals surface area contributed by atoms with Crippen LogP contribution in [-0.2, 0) is 0 Å². The van der Waals surface area contributed by atoms with Crippen LogP contribution in [0.15, 0.2) is 0 Å². The van der Waals surface area contributed by atoms with Crippen LogP contribution in [0, 0.1) is 0 Å². The van der Waals surface area contributed by atoms with Crippen LogP contribution < -0.4 is 0 Å². The van der Waals surface area contributed by atoms with Crippen molar-refractivity contribution in [3.05, 3.63) is 0 Å². The Labute approximate surface area is 129 Å². The average molecular weight is 328 g/mol. The van der Waals surface area contributed by atoms with Crippen LogP contribution in [0.3, 0.4) is 0 Å². The van der Waals surface area contributed by atoms with Gasteiger partial charge in [0, 0.05) is 24.8 Å². The maximum Gasteiger partial charge on any atom is 0.0351 e. The number of rotatable bonds is 4. The van der Waals surface area contributed by atoms with Crippen molar-refractivity contribution in [3.63, 3.8) is 0 Å². The summed E-state index contributed by atoms with van der Waals surface area (Å²) in [5, 5.41) is 0. The summed E-state index contributed by atoms with van der Waals surface area (Å²) in [4.78, 5) is 4.49. The van der Waals surface area contributed by atoms with Gasteiger partial charge in [0.25, 0.3) is 0 Å². The second-order valence-corrected chi connectivity index (χ2v) is 4.84. The van der Waals surface area contributed by atoms with Gasteiger partial charge < -0.3 is 9.80 Å². The van der Waals surface area contributed by atoms with Crippen molar-refractivity contribution in [2.45, 2.75) is 19.3 Å². The quantitative estimate of drug-likeness (QED) is 0.731. The Bertz CT molecular complexity index is 128. The van der Waals surface area contributed by atoms with E-state index in [-0.39, 0.29) is 24.8 Å². The van der Waals surface area contributed by atoms with E-state index in [0.29, 0.717) is 0 Å². The number of hydrogen-bond acceptors (Lipinski definition) is 2. The van der Waals surface area contributed by atoms with Gasteiger partial charge in [0.15, 0.2) is 0 Å². The van der Waals surface area contributed by atoms with Gasteiger partial charge in [-0.15, -0.1) is 48.0 Å². The van der Waals surface area contributed by atoms with E-state index < -0.39 is 0 Å². The first kappa shape index (κ1) is 23.2. The number of likely N-dealkylation sites (tertiary alicyclic amines) is 1. The Morgan fingerprint density at radius 1 is 0.941 bits per heavy atom. The van der Waals surface area contributed by atoms with E-state index in [0.717, 1.165) is 24.8 Å². The Hall–Kier alpha value is 1.08. The van der Waals surface area contributed by atoms with Crippen molar-refractivity contribution in [2.24, 2.45) is 0 Å². The van der Waals surface area contributed by atoms with Crippen LogP contribution in [0.25, 0.3) is 0 Å². The highest BCUT2D eigenvalue weighted by Gasteiger charge is 2.07. The summed E-state index contributed by atoms with van der Waals surface area (Å²) in [6.07, 6.45) is 4.16. The zero-order valence-corrected chi connectivity index (χ0v) is 14.0. The van der Waals surface area contributed by atoms with Crippen LogP contribution in [-0.4, -0.2) is 61.8 Å². The second kappa shape index (κ2) is 17.1. The van der Waals surface area contributed by atoms with Gasteiger partial charge in [0.2, 0.25) is 0 Å². The van der Waals surface area contributed by atoms with Gasteiger partial charge in [-0.25, -0.2) is 0 Å².